The van der Waals surface area contributed by atoms with Gasteiger partial charge in [0.1, 0.15) is 0 Å². The van der Waals surface area contributed by atoms with Crippen molar-refractivity contribution >= 4 is 0 Å². The highest BCUT2D eigenvalue weighted by Crippen LogP contribution is 2.20. The van der Waals surface area contributed by atoms with Gasteiger partial charge in [0.25, 0.3) is 0 Å². The van der Waals surface area contributed by atoms with Crippen LogP contribution in [0.1, 0.15) is 12.8 Å². The van der Waals surface area contributed by atoms with Gasteiger partial charge in [-0.25, -0.2) is 5.32 Å². The molecule has 2 unspecified atom stereocenters. The molecule has 1 heterocycles. The van der Waals surface area contributed by atoms with Crippen molar-refractivity contribution in [3.05, 3.63) is 12.2 Å². The van der Waals surface area contributed by atoms with E-state index in [1.165, 1.54) is 12.8 Å². The van der Waals surface area contributed by atoms with E-state index < -0.39 is 0 Å². The summed E-state index contributed by atoms with van der Waals surface area (Å²) in [6, 6.07) is 0.725. The summed E-state index contributed by atoms with van der Waals surface area (Å²) in [7, 11) is 0. The van der Waals surface area contributed by atoms with Crippen molar-refractivity contribution in [1.82, 2.24) is 10.6 Å². The van der Waals surface area contributed by atoms with Crippen molar-refractivity contribution in [2.75, 3.05) is 13.2 Å². The van der Waals surface area contributed by atoms with Crippen molar-refractivity contribution in [3.63, 3.8) is 0 Å². The van der Waals surface area contributed by atoms with Gasteiger partial charge < -0.3 is 0 Å². The number of hydrogen-bond donors (Lipinski definition) is 1. The number of rotatable bonds is 0. The minimum Gasteiger partial charge on any atom is -0.300 e. The second kappa shape index (κ2) is 2.72. The number of fused-ring (bicyclic) bond motifs is 1. The molecule has 2 rings (SSSR count). The predicted molar refractivity (Wildman–Crippen MR) is 40.7 cm³/mol. The molecule has 1 aliphatic carbocycles. The summed E-state index contributed by atoms with van der Waals surface area (Å²) in [6.07, 6.45) is 6.99. The molecule has 1 saturated heterocycles. The molecule has 0 aromatic heterocycles. The van der Waals surface area contributed by atoms with Crippen molar-refractivity contribution in [2.24, 2.45) is 5.92 Å². The van der Waals surface area contributed by atoms with Gasteiger partial charge in [-0.3, -0.25) is 5.32 Å². The summed E-state index contributed by atoms with van der Waals surface area (Å²) in [6.45, 7) is 1.94. The van der Waals surface area contributed by atoms with Crippen LogP contribution in [0, 0.1) is 5.92 Å². The van der Waals surface area contributed by atoms with Crippen LogP contribution in [-0.4, -0.2) is 19.3 Å². The molecule has 1 radical (unpaired) electrons. The van der Waals surface area contributed by atoms with Crippen molar-refractivity contribution in [1.29, 1.82) is 0 Å². The van der Waals surface area contributed by atoms with Crippen LogP contribution in [0.25, 0.3) is 0 Å². The highest BCUT2D eigenvalue weighted by atomic mass is 15.1. The average molecular weight is 137 g/mol. The van der Waals surface area contributed by atoms with Crippen LogP contribution in [-0.2, 0) is 0 Å². The normalized spacial score (nSPS) is 39.2. The Morgan fingerprint density at radius 3 is 3.10 bits per heavy atom. The van der Waals surface area contributed by atoms with Crippen molar-refractivity contribution < 1.29 is 0 Å². The fraction of sp³-hybridized carbons (Fsp3) is 0.750. The van der Waals surface area contributed by atoms with Gasteiger partial charge in [-0.05, 0) is 18.8 Å². The zero-order valence-corrected chi connectivity index (χ0v) is 6.09. The quantitative estimate of drug-likeness (QED) is 0.483. The summed E-state index contributed by atoms with van der Waals surface area (Å²) in [5.74, 6) is 0.791. The molecule has 2 aliphatic rings. The van der Waals surface area contributed by atoms with Gasteiger partial charge in [-0.1, -0.05) is 12.2 Å². The summed E-state index contributed by atoms with van der Waals surface area (Å²) in [4.78, 5) is 0. The topological polar surface area (TPSA) is 26.1 Å². The fourth-order valence-electron chi connectivity index (χ4n) is 1.73. The molecule has 1 N–H and O–H groups in total. The van der Waals surface area contributed by atoms with E-state index in [1.807, 2.05) is 0 Å². The van der Waals surface area contributed by atoms with E-state index in [-0.39, 0.29) is 0 Å². The molecule has 0 amide bonds. The summed E-state index contributed by atoms with van der Waals surface area (Å²) >= 11 is 0. The molecule has 2 atom stereocenters. The third-order valence-corrected chi connectivity index (χ3v) is 2.39. The van der Waals surface area contributed by atoms with Crippen LogP contribution in [0.3, 0.4) is 0 Å². The third-order valence-electron chi connectivity index (χ3n) is 2.39. The molecular weight excluding hydrogens is 124 g/mol. The zero-order chi connectivity index (χ0) is 6.81. The van der Waals surface area contributed by atoms with Crippen LogP contribution in [0.15, 0.2) is 12.2 Å². The average Bonchev–Trinajstić information content (AvgIpc) is 2.05. The molecule has 1 aliphatic heterocycles. The largest absolute Gasteiger partial charge is 0.300 e. The second-order valence-corrected chi connectivity index (χ2v) is 3.08. The molecule has 0 spiro atoms. The lowest BCUT2D eigenvalue weighted by molar-refractivity contribution is 0.269. The maximum absolute atomic E-state index is 4.32. The smallest absolute Gasteiger partial charge is 0.0626 e. The molecule has 1 fully saturated rings. The first-order valence-electron chi connectivity index (χ1n) is 3.98. The first-order chi connectivity index (χ1) is 4.97. The minimum atomic E-state index is 0.725. The van der Waals surface area contributed by atoms with E-state index in [4.69, 9.17) is 0 Å². The lowest BCUT2D eigenvalue weighted by atomic mass is 9.88. The first kappa shape index (κ1) is 6.38. The van der Waals surface area contributed by atoms with E-state index in [0.717, 1.165) is 25.2 Å². The molecule has 0 aromatic carbocycles. The van der Waals surface area contributed by atoms with Gasteiger partial charge in [0, 0.05) is 12.6 Å². The van der Waals surface area contributed by atoms with Crippen LogP contribution in [0.4, 0.5) is 0 Å². The highest BCUT2D eigenvalue weighted by molar-refractivity contribution is 4.99. The number of nitrogens with one attached hydrogen (secondary N) is 1. The zero-order valence-electron chi connectivity index (χ0n) is 6.09. The van der Waals surface area contributed by atoms with Gasteiger partial charge in [-0.2, -0.15) is 0 Å². The van der Waals surface area contributed by atoms with E-state index in [0.29, 0.717) is 0 Å². The summed E-state index contributed by atoms with van der Waals surface area (Å²) < 4.78 is 0. The Kier molecular flexibility index (Phi) is 1.74. The maximum atomic E-state index is 4.32. The standard InChI is InChI=1S/C8H13N2/c1-2-4-8-7(3-1)5-9-6-10-8/h1-2,7-8,10H,3-6H2. The van der Waals surface area contributed by atoms with E-state index in [9.17, 15) is 0 Å². The van der Waals surface area contributed by atoms with Gasteiger partial charge in [0.2, 0.25) is 0 Å². The van der Waals surface area contributed by atoms with Crippen molar-refractivity contribution in [3.8, 4) is 0 Å². The van der Waals surface area contributed by atoms with Gasteiger partial charge >= 0.3 is 0 Å². The van der Waals surface area contributed by atoms with Crippen LogP contribution in [0.5, 0.6) is 0 Å². The fourth-order valence-corrected chi connectivity index (χ4v) is 1.73. The predicted octanol–water partition coefficient (Wildman–Crippen LogP) is 0.486. The first-order valence-corrected chi connectivity index (χ1v) is 3.98. The number of hydrogen-bond acceptors (Lipinski definition) is 1. The lowest BCUT2D eigenvalue weighted by Crippen LogP contribution is -2.48. The molecule has 0 aromatic rings. The molecule has 0 bridgehead atoms. The second-order valence-electron chi connectivity index (χ2n) is 3.08. The molecule has 55 valence electrons. The lowest BCUT2D eigenvalue weighted by Gasteiger charge is -2.33. The van der Waals surface area contributed by atoms with Gasteiger partial charge in [-0.15, -0.1) is 0 Å². The van der Waals surface area contributed by atoms with Gasteiger partial charge in [0.15, 0.2) is 0 Å². The maximum Gasteiger partial charge on any atom is 0.0626 e. The Hall–Kier alpha value is -0.340. The van der Waals surface area contributed by atoms with Crippen LogP contribution >= 0.6 is 0 Å². The number of allylic oxidation sites excluding steroid dienone is 1. The summed E-state index contributed by atoms with van der Waals surface area (Å²) in [5, 5.41) is 7.72. The van der Waals surface area contributed by atoms with Crippen molar-refractivity contribution in [2.45, 2.75) is 18.9 Å². The van der Waals surface area contributed by atoms with E-state index >= 15 is 0 Å². The minimum absolute atomic E-state index is 0.725. The van der Waals surface area contributed by atoms with Gasteiger partial charge in [0.05, 0.1) is 6.67 Å². The monoisotopic (exact) mass is 137 g/mol. The molecule has 2 heteroatoms. The Balaban J connectivity index is 2.01. The molecule has 2 nitrogen and oxygen atoms in total. The molecule has 10 heavy (non-hydrogen) atoms. The Morgan fingerprint density at radius 1 is 1.30 bits per heavy atom. The molecular formula is C8H13N2. The Morgan fingerprint density at radius 2 is 2.20 bits per heavy atom. The highest BCUT2D eigenvalue weighted by Gasteiger charge is 2.24. The van der Waals surface area contributed by atoms with E-state index in [1.54, 1.807) is 0 Å². The number of nitrogens with zero attached hydrogens (tertiary/aromatic N) is 1. The Labute approximate surface area is 61.7 Å². The SMILES string of the molecule is C1=CCC2NC[N]CC2C1. The van der Waals surface area contributed by atoms with E-state index in [2.05, 4.69) is 22.8 Å². The Bertz CT molecular complexity index is 126. The van der Waals surface area contributed by atoms with Crippen LogP contribution < -0.4 is 10.6 Å². The molecule has 0 saturated carbocycles. The summed E-state index contributed by atoms with van der Waals surface area (Å²) in [5.41, 5.74) is 0. The third kappa shape index (κ3) is 1.09. The van der Waals surface area contributed by atoms with Crippen LogP contribution in [0.2, 0.25) is 0 Å².